The van der Waals surface area contributed by atoms with Crippen LogP contribution in [-0.4, -0.2) is 75.0 Å². The maximum Gasteiger partial charge on any atom is 0.0635 e. The van der Waals surface area contributed by atoms with E-state index in [9.17, 15) is 0 Å². The van der Waals surface area contributed by atoms with E-state index in [2.05, 4.69) is 44.0 Å². The van der Waals surface area contributed by atoms with Crippen LogP contribution >= 0.6 is 0 Å². The van der Waals surface area contributed by atoms with Crippen molar-refractivity contribution in [3.05, 3.63) is 0 Å². The Balaban J connectivity index is 2.01. The van der Waals surface area contributed by atoms with E-state index in [-0.39, 0.29) is 11.0 Å². The molecule has 2 aliphatic heterocycles. The molecule has 2 aliphatic rings. The molecule has 0 amide bonds. The second kappa shape index (κ2) is 7.21. The van der Waals surface area contributed by atoms with Gasteiger partial charge in [0.05, 0.1) is 12.1 Å². The maximum atomic E-state index is 5.94. The average Bonchev–Trinajstić information content (AvgIpc) is 2.86. The molecule has 1 unspecified atom stereocenters. The minimum absolute atomic E-state index is 0.0223. The molecule has 2 saturated heterocycles. The fourth-order valence-corrected chi connectivity index (χ4v) is 3.71. The monoisotopic (exact) mass is 295 g/mol. The lowest BCUT2D eigenvalue weighted by molar-refractivity contribution is -0.0897. The zero-order valence-electron chi connectivity index (χ0n) is 14.4. The molecule has 122 valence electrons. The van der Waals surface area contributed by atoms with Gasteiger partial charge < -0.3 is 14.5 Å². The summed E-state index contributed by atoms with van der Waals surface area (Å²) in [7, 11) is 4.21. The average molecular weight is 295 g/mol. The van der Waals surface area contributed by atoms with Crippen LogP contribution < -0.4 is 0 Å². The molecular formula is C17H33N3O. The fraction of sp³-hybridized carbons (Fsp3) is 0.941. The second-order valence-corrected chi connectivity index (χ2v) is 7.72. The number of hydrogen-bond donors (Lipinski definition) is 0. The number of ether oxygens (including phenoxy) is 1. The third-order valence-corrected chi connectivity index (χ3v) is 4.65. The third-order valence-electron chi connectivity index (χ3n) is 4.65. The van der Waals surface area contributed by atoms with Crippen molar-refractivity contribution in [1.29, 1.82) is 0 Å². The van der Waals surface area contributed by atoms with Gasteiger partial charge in [0, 0.05) is 31.3 Å². The van der Waals surface area contributed by atoms with Gasteiger partial charge in [0.1, 0.15) is 0 Å². The standard InChI is InChI=1S/C17H33N3O/c1-16(2)13-17(7-12-21-16,14-18-8-11-19(3)4)15-20-9-5-6-10-20/h14H,5-13,15H2,1-4H3. The number of aliphatic imine (C=N–C) groups is 1. The number of nitrogens with zero attached hydrogens (tertiary/aromatic N) is 3. The summed E-state index contributed by atoms with van der Waals surface area (Å²) >= 11 is 0. The van der Waals surface area contributed by atoms with Crippen LogP contribution in [0.25, 0.3) is 0 Å². The minimum Gasteiger partial charge on any atom is -0.376 e. The topological polar surface area (TPSA) is 28.1 Å². The van der Waals surface area contributed by atoms with Gasteiger partial charge in [0.25, 0.3) is 0 Å². The molecule has 4 nitrogen and oxygen atoms in total. The summed E-state index contributed by atoms with van der Waals surface area (Å²) < 4.78 is 5.94. The molecule has 2 heterocycles. The molecule has 0 aliphatic carbocycles. The van der Waals surface area contributed by atoms with Crippen LogP contribution in [0, 0.1) is 5.41 Å². The van der Waals surface area contributed by atoms with Crippen LogP contribution in [0.4, 0.5) is 0 Å². The Hall–Kier alpha value is -0.450. The molecule has 4 heteroatoms. The summed E-state index contributed by atoms with van der Waals surface area (Å²) in [5.41, 5.74) is 0.184. The molecular weight excluding hydrogens is 262 g/mol. The zero-order chi connectivity index (χ0) is 15.3. The predicted octanol–water partition coefficient (Wildman–Crippen LogP) is 2.29. The van der Waals surface area contributed by atoms with E-state index in [0.29, 0.717) is 0 Å². The number of likely N-dealkylation sites (N-methyl/N-ethyl adjacent to an activating group) is 1. The molecule has 0 aromatic rings. The van der Waals surface area contributed by atoms with E-state index in [1.54, 1.807) is 0 Å². The molecule has 0 N–H and O–H groups in total. The zero-order valence-corrected chi connectivity index (χ0v) is 14.4. The molecule has 21 heavy (non-hydrogen) atoms. The van der Waals surface area contributed by atoms with Gasteiger partial charge in [-0.25, -0.2) is 0 Å². The van der Waals surface area contributed by atoms with Crippen LogP contribution in [0.2, 0.25) is 0 Å². The van der Waals surface area contributed by atoms with Crippen molar-refractivity contribution in [2.45, 2.75) is 45.1 Å². The van der Waals surface area contributed by atoms with Gasteiger partial charge in [-0.3, -0.25) is 4.99 Å². The van der Waals surface area contributed by atoms with Crippen molar-refractivity contribution >= 4 is 6.21 Å². The first-order valence-electron chi connectivity index (χ1n) is 8.43. The van der Waals surface area contributed by atoms with Gasteiger partial charge in [-0.1, -0.05) is 0 Å². The highest BCUT2D eigenvalue weighted by Crippen LogP contribution is 2.38. The quantitative estimate of drug-likeness (QED) is 0.704. The predicted molar refractivity (Wildman–Crippen MR) is 89.3 cm³/mol. The van der Waals surface area contributed by atoms with E-state index in [1.807, 2.05) is 0 Å². The van der Waals surface area contributed by atoms with E-state index in [1.165, 1.54) is 25.9 Å². The van der Waals surface area contributed by atoms with Crippen LogP contribution in [0.1, 0.15) is 39.5 Å². The molecule has 2 fully saturated rings. The lowest BCUT2D eigenvalue weighted by atomic mass is 9.74. The third kappa shape index (κ3) is 5.35. The second-order valence-electron chi connectivity index (χ2n) is 7.72. The Morgan fingerprint density at radius 1 is 1.24 bits per heavy atom. The summed E-state index contributed by atoms with van der Waals surface area (Å²) in [4.78, 5) is 9.58. The lowest BCUT2D eigenvalue weighted by Crippen LogP contribution is -2.48. The van der Waals surface area contributed by atoms with Crippen LogP contribution in [0.5, 0.6) is 0 Å². The molecule has 0 spiro atoms. The molecule has 1 atom stereocenters. The van der Waals surface area contributed by atoms with Crippen molar-refractivity contribution in [2.24, 2.45) is 10.4 Å². The van der Waals surface area contributed by atoms with Gasteiger partial charge in [-0.15, -0.1) is 0 Å². The van der Waals surface area contributed by atoms with Gasteiger partial charge in [0.2, 0.25) is 0 Å². The highest BCUT2D eigenvalue weighted by molar-refractivity contribution is 5.66. The first kappa shape index (κ1) is 16.9. The van der Waals surface area contributed by atoms with Crippen molar-refractivity contribution < 1.29 is 4.74 Å². The van der Waals surface area contributed by atoms with E-state index >= 15 is 0 Å². The molecule has 2 rings (SSSR count). The maximum absolute atomic E-state index is 5.94. The summed E-state index contributed by atoms with van der Waals surface area (Å²) in [6.45, 7) is 10.9. The van der Waals surface area contributed by atoms with Gasteiger partial charge in [-0.05, 0) is 66.7 Å². The number of hydrogen-bond acceptors (Lipinski definition) is 4. The summed E-state index contributed by atoms with van der Waals surface area (Å²) in [6, 6.07) is 0. The van der Waals surface area contributed by atoms with Crippen molar-refractivity contribution in [3.63, 3.8) is 0 Å². The minimum atomic E-state index is -0.0223. The first-order chi connectivity index (χ1) is 9.91. The largest absolute Gasteiger partial charge is 0.376 e. The van der Waals surface area contributed by atoms with Gasteiger partial charge >= 0.3 is 0 Å². The van der Waals surface area contributed by atoms with E-state index in [0.717, 1.165) is 39.1 Å². The van der Waals surface area contributed by atoms with Crippen LogP contribution in [0.3, 0.4) is 0 Å². The Morgan fingerprint density at radius 2 is 1.95 bits per heavy atom. The first-order valence-corrected chi connectivity index (χ1v) is 8.43. The summed E-state index contributed by atoms with van der Waals surface area (Å²) in [6.07, 6.45) is 7.18. The number of likely N-dealkylation sites (tertiary alicyclic amines) is 1. The Bertz CT molecular complexity index is 348. The van der Waals surface area contributed by atoms with E-state index in [4.69, 9.17) is 9.73 Å². The molecule has 0 aromatic carbocycles. The van der Waals surface area contributed by atoms with E-state index < -0.39 is 0 Å². The molecule has 0 bridgehead atoms. The Morgan fingerprint density at radius 3 is 2.57 bits per heavy atom. The molecule has 0 aromatic heterocycles. The van der Waals surface area contributed by atoms with Crippen molar-refractivity contribution in [3.8, 4) is 0 Å². The summed E-state index contributed by atoms with van der Waals surface area (Å²) in [5.74, 6) is 0. The smallest absolute Gasteiger partial charge is 0.0635 e. The normalized spacial score (nSPS) is 30.5. The highest BCUT2D eigenvalue weighted by Gasteiger charge is 2.41. The van der Waals surface area contributed by atoms with Crippen molar-refractivity contribution in [2.75, 3.05) is 53.4 Å². The van der Waals surface area contributed by atoms with Crippen molar-refractivity contribution in [1.82, 2.24) is 9.80 Å². The van der Waals surface area contributed by atoms with Gasteiger partial charge in [0.15, 0.2) is 0 Å². The summed E-state index contributed by atoms with van der Waals surface area (Å²) in [5, 5.41) is 0. The lowest BCUT2D eigenvalue weighted by Gasteiger charge is -2.44. The molecule has 0 radical (unpaired) electrons. The van der Waals surface area contributed by atoms with Crippen LogP contribution in [0.15, 0.2) is 4.99 Å². The molecule has 0 saturated carbocycles. The SMILES string of the molecule is CN(C)CCN=CC1(CN2CCCC2)CCOC(C)(C)C1. The fourth-order valence-electron chi connectivity index (χ4n) is 3.71. The van der Waals surface area contributed by atoms with Crippen LogP contribution in [-0.2, 0) is 4.74 Å². The Kier molecular flexibility index (Phi) is 5.81. The Labute approximate surface area is 130 Å². The number of rotatable bonds is 6. The highest BCUT2D eigenvalue weighted by atomic mass is 16.5. The van der Waals surface area contributed by atoms with Gasteiger partial charge in [-0.2, -0.15) is 0 Å².